The van der Waals surface area contributed by atoms with Crippen LogP contribution in [0.15, 0.2) is 70.6 Å². The van der Waals surface area contributed by atoms with Crippen LogP contribution in [0.3, 0.4) is 0 Å². The van der Waals surface area contributed by atoms with Gasteiger partial charge in [0.05, 0.1) is 23.3 Å². The number of nitrogens with zero attached hydrogens (tertiary/aromatic N) is 3. The van der Waals surface area contributed by atoms with Gasteiger partial charge in [0.15, 0.2) is 0 Å². The van der Waals surface area contributed by atoms with Gasteiger partial charge in [-0.3, -0.25) is 4.99 Å². The van der Waals surface area contributed by atoms with E-state index in [1.54, 1.807) is 17.0 Å². The fourth-order valence-corrected chi connectivity index (χ4v) is 3.61. The molecule has 4 rings (SSSR count). The Balaban J connectivity index is 1.62. The van der Waals surface area contributed by atoms with E-state index in [1.165, 1.54) is 61.1 Å². The van der Waals surface area contributed by atoms with Crippen LogP contribution < -0.4 is 9.64 Å². The number of ether oxygens (including phenoxy) is 1. The van der Waals surface area contributed by atoms with Gasteiger partial charge in [0.1, 0.15) is 11.6 Å². The Labute approximate surface area is 197 Å². The predicted molar refractivity (Wildman–Crippen MR) is 124 cm³/mol. The SMILES string of the molecule is O=C(O)c1ccc(N=Cc2ccc(F)cc2)c(N=CN2CCCc3cc(OC(F)(F)F)ccc32)c1. The molecule has 3 aromatic carbocycles. The van der Waals surface area contributed by atoms with Crippen LogP contribution in [0.25, 0.3) is 0 Å². The molecule has 0 fully saturated rings. The topological polar surface area (TPSA) is 74.5 Å². The fraction of sp³-hybridized carbons (Fsp3) is 0.160. The molecule has 6 nitrogen and oxygen atoms in total. The van der Waals surface area contributed by atoms with Gasteiger partial charge >= 0.3 is 12.3 Å². The van der Waals surface area contributed by atoms with Crippen molar-refractivity contribution >= 4 is 35.6 Å². The minimum atomic E-state index is -4.77. The second-order valence-electron chi connectivity index (χ2n) is 7.70. The van der Waals surface area contributed by atoms with Gasteiger partial charge in [-0.15, -0.1) is 13.2 Å². The average Bonchev–Trinajstić information content (AvgIpc) is 2.81. The van der Waals surface area contributed by atoms with E-state index in [9.17, 15) is 27.5 Å². The fourth-order valence-electron chi connectivity index (χ4n) is 3.61. The van der Waals surface area contributed by atoms with Gasteiger partial charge < -0.3 is 14.7 Å². The molecular weight excluding hydrogens is 466 g/mol. The molecule has 1 N–H and O–H groups in total. The van der Waals surface area contributed by atoms with E-state index in [2.05, 4.69) is 14.7 Å². The normalized spacial score (nSPS) is 13.9. The molecule has 0 amide bonds. The number of carboxylic acids is 1. The van der Waals surface area contributed by atoms with Crippen LogP contribution in [0.4, 0.5) is 34.6 Å². The Bertz CT molecular complexity index is 1290. The van der Waals surface area contributed by atoms with Crippen molar-refractivity contribution in [2.24, 2.45) is 9.98 Å². The zero-order valence-corrected chi connectivity index (χ0v) is 18.2. The molecule has 0 bridgehead atoms. The van der Waals surface area contributed by atoms with Crippen molar-refractivity contribution in [2.45, 2.75) is 19.2 Å². The first-order valence-corrected chi connectivity index (χ1v) is 10.5. The van der Waals surface area contributed by atoms with Crippen LogP contribution >= 0.6 is 0 Å². The van der Waals surface area contributed by atoms with Gasteiger partial charge in [-0.1, -0.05) is 12.1 Å². The van der Waals surface area contributed by atoms with Gasteiger partial charge in [-0.2, -0.15) is 0 Å². The Morgan fingerprint density at radius 3 is 2.49 bits per heavy atom. The number of hydrogen-bond donors (Lipinski definition) is 1. The number of aliphatic imine (C=N–C) groups is 2. The maximum Gasteiger partial charge on any atom is 0.573 e. The maximum absolute atomic E-state index is 13.1. The smallest absolute Gasteiger partial charge is 0.478 e. The molecule has 0 aliphatic carbocycles. The molecule has 180 valence electrons. The lowest BCUT2D eigenvalue weighted by Gasteiger charge is -2.28. The minimum absolute atomic E-state index is 0.0193. The number of fused-ring (bicyclic) bond motifs is 1. The summed E-state index contributed by atoms with van der Waals surface area (Å²) in [4.78, 5) is 22.0. The van der Waals surface area contributed by atoms with Crippen LogP contribution in [0.2, 0.25) is 0 Å². The highest BCUT2D eigenvalue weighted by Crippen LogP contribution is 2.33. The lowest BCUT2D eigenvalue weighted by molar-refractivity contribution is -0.274. The molecule has 0 atom stereocenters. The lowest BCUT2D eigenvalue weighted by atomic mass is 10.0. The van der Waals surface area contributed by atoms with Crippen molar-refractivity contribution in [3.63, 3.8) is 0 Å². The Morgan fingerprint density at radius 2 is 1.77 bits per heavy atom. The number of halogens is 4. The third-order valence-corrected chi connectivity index (χ3v) is 5.22. The summed E-state index contributed by atoms with van der Waals surface area (Å²) in [5.41, 5.74) is 2.70. The van der Waals surface area contributed by atoms with Gasteiger partial charge in [0, 0.05) is 18.4 Å². The summed E-state index contributed by atoms with van der Waals surface area (Å²) in [7, 11) is 0. The molecule has 35 heavy (non-hydrogen) atoms. The standard InChI is InChI=1S/C25H19F4N3O3/c26-19-6-3-16(4-7-19)14-30-21-9-5-18(24(33)34)13-22(21)31-15-32-11-1-2-17-12-20(8-10-23(17)32)35-25(27,28)29/h3-10,12-15H,1-2,11H2,(H,33,34). The van der Waals surface area contributed by atoms with E-state index in [0.717, 1.165) is 0 Å². The summed E-state index contributed by atoms with van der Waals surface area (Å²) in [5, 5.41) is 9.36. The van der Waals surface area contributed by atoms with E-state index < -0.39 is 12.3 Å². The third kappa shape index (κ3) is 6.23. The van der Waals surface area contributed by atoms with Crippen LogP contribution in [0, 0.1) is 5.82 Å². The summed E-state index contributed by atoms with van der Waals surface area (Å²) in [5.74, 6) is -1.80. The molecular formula is C25H19F4N3O3. The molecule has 0 aromatic heterocycles. The van der Waals surface area contributed by atoms with Crippen molar-refractivity contribution in [2.75, 3.05) is 11.4 Å². The second kappa shape index (κ2) is 9.96. The van der Waals surface area contributed by atoms with E-state index in [0.29, 0.717) is 41.9 Å². The van der Waals surface area contributed by atoms with Crippen LogP contribution in [0.1, 0.15) is 27.9 Å². The van der Waals surface area contributed by atoms with Crippen molar-refractivity contribution in [3.8, 4) is 5.75 Å². The molecule has 0 spiro atoms. The molecule has 0 unspecified atom stereocenters. The highest BCUT2D eigenvalue weighted by atomic mass is 19.4. The Morgan fingerprint density at radius 1 is 1.00 bits per heavy atom. The van der Waals surface area contributed by atoms with E-state index >= 15 is 0 Å². The van der Waals surface area contributed by atoms with Crippen molar-refractivity contribution < 1.29 is 32.2 Å². The van der Waals surface area contributed by atoms with E-state index in [4.69, 9.17) is 0 Å². The number of anilines is 1. The minimum Gasteiger partial charge on any atom is -0.478 e. The number of aromatic carboxylic acids is 1. The molecule has 1 heterocycles. The Kier molecular flexibility index (Phi) is 6.81. The summed E-state index contributed by atoms with van der Waals surface area (Å²) in [6.45, 7) is 0.572. The van der Waals surface area contributed by atoms with E-state index in [1.807, 2.05) is 0 Å². The van der Waals surface area contributed by atoms with Crippen LogP contribution in [-0.2, 0) is 6.42 Å². The lowest BCUT2D eigenvalue weighted by Crippen LogP contribution is -2.28. The van der Waals surface area contributed by atoms with Gasteiger partial charge in [-0.05, 0) is 72.5 Å². The molecule has 3 aromatic rings. The summed E-state index contributed by atoms with van der Waals surface area (Å²) in [6.07, 6.45) is -0.507. The van der Waals surface area contributed by atoms with Crippen LogP contribution in [-0.4, -0.2) is 36.5 Å². The number of alkyl halides is 3. The number of benzene rings is 3. The zero-order chi connectivity index (χ0) is 25.0. The second-order valence-corrected chi connectivity index (χ2v) is 7.70. The van der Waals surface area contributed by atoms with Gasteiger partial charge in [0.2, 0.25) is 0 Å². The molecule has 1 aliphatic rings. The van der Waals surface area contributed by atoms with Gasteiger partial charge in [0.25, 0.3) is 0 Å². The quantitative estimate of drug-likeness (QED) is 0.253. The number of carboxylic acid groups (broad SMARTS) is 1. The summed E-state index contributed by atoms with van der Waals surface area (Å²) in [6, 6.07) is 14.1. The van der Waals surface area contributed by atoms with Crippen molar-refractivity contribution in [3.05, 3.63) is 83.2 Å². The summed E-state index contributed by atoms with van der Waals surface area (Å²) < 4.78 is 54.8. The van der Waals surface area contributed by atoms with Gasteiger partial charge in [-0.25, -0.2) is 14.2 Å². The number of rotatable bonds is 6. The van der Waals surface area contributed by atoms with Crippen molar-refractivity contribution in [1.82, 2.24) is 0 Å². The molecule has 0 radical (unpaired) electrons. The predicted octanol–water partition coefficient (Wildman–Crippen LogP) is 6.29. The molecule has 10 heteroatoms. The molecule has 0 saturated carbocycles. The first-order valence-electron chi connectivity index (χ1n) is 10.5. The van der Waals surface area contributed by atoms with Crippen LogP contribution in [0.5, 0.6) is 5.75 Å². The summed E-state index contributed by atoms with van der Waals surface area (Å²) >= 11 is 0. The number of carbonyl (C=O) groups is 1. The number of hydrogen-bond acceptors (Lipinski definition) is 4. The highest BCUT2D eigenvalue weighted by molar-refractivity contribution is 5.92. The maximum atomic E-state index is 13.1. The largest absolute Gasteiger partial charge is 0.573 e. The number of aryl methyl sites for hydroxylation is 1. The highest BCUT2D eigenvalue weighted by Gasteiger charge is 2.31. The molecule has 0 saturated heterocycles. The first kappa shape index (κ1) is 23.9. The van der Waals surface area contributed by atoms with Crippen molar-refractivity contribution in [1.29, 1.82) is 0 Å². The first-order chi connectivity index (χ1) is 16.7. The zero-order valence-electron chi connectivity index (χ0n) is 18.2. The molecule has 1 aliphatic heterocycles. The average molecular weight is 485 g/mol. The van der Waals surface area contributed by atoms with E-state index in [-0.39, 0.29) is 22.8 Å². The third-order valence-electron chi connectivity index (χ3n) is 5.22. The Hall–Kier alpha value is -4.21. The monoisotopic (exact) mass is 485 g/mol.